The molecule has 94 valence electrons. The summed E-state index contributed by atoms with van der Waals surface area (Å²) in [5.41, 5.74) is 0.697. The summed E-state index contributed by atoms with van der Waals surface area (Å²) in [6, 6.07) is 7.31. The van der Waals surface area contributed by atoms with Gasteiger partial charge < -0.3 is 9.64 Å². The molecule has 0 saturated carbocycles. The Morgan fingerprint density at radius 2 is 2.12 bits per heavy atom. The summed E-state index contributed by atoms with van der Waals surface area (Å²) in [4.78, 5) is 14.1. The SMILES string of the molecule is CCCCN(CC)C(=O)c1cccc(OC)c1. The molecule has 3 nitrogen and oxygen atoms in total. The molecule has 0 heterocycles. The quantitative estimate of drug-likeness (QED) is 0.758. The molecule has 0 N–H and O–H groups in total. The van der Waals surface area contributed by atoms with Crippen molar-refractivity contribution in [2.45, 2.75) is 26.7 Å². The number of hydrogen-bond acceptors (Lipinski definition) is 2. The molecule has 0 aliphatic heterocycles. The van der Waals surface area contributed by atoms with Gasteiger partial charge >= 0.3 is 0 Å². The van der Waals surface area contributed by atoms with E-state index < -0.39 is 0 Å². The molecule has 0 unspecified atom stereocenters. The van der Waals surface area contributed by atoms with Gasteiger partial charge in [-0.05, 0) is 31.5 Å². The van der Waals surface area contributed by atoms with E-state index in [4.69, 9.17) is 4.74 Å². The Hall–Kier alpha value is -1.51. The van der Waals surface area contributed by atoms with Crippen LogP contribution >= 0.6 is 0 Å². The molecule has 1 amide bonds. The van der Waals surface area contributed by atoms with Gasteiger partial charge in [-0.15, -0.1) is 0 Å². The first kappa shape index (κ1) is 13.6. The molecule has 3 heteroatoms. The van der Waals surface area contributed by atoms with Gasteiger partial charge in [0.2, 0.25) is 0 Å². The number of hydrogen-bond donors (Lipinski definition) is 0. The largest absolute Gasteiger partial charge is 0.497 e. The van der Waals surface area contributed by atoms with Crippen LogP contribution in [0.5, 0.6) is 5.75 Å². The van der Waals surface area contributed by atoms with Crippen molar-refractivity contribution in [2.24, 2.45) is 0 Å². The molecule has 0 saturated heterocycles. The van der Waals surface area contributed by atoms with Gasteiger partial charge in [-0.3, -0.25) is 4.79 Å². The topological polar surface area (TPSA) is 29.5 Å². The van der Waals surface area contributed by atoms with Crippen LogP contribution in [0.2, 0.25) is 0 Å². The summed E-state index contributed by atoms with van der Waals surface area (Å²) in [7, 11) is 1.61. The third-order valence-electron chi connectivity index (χ3n) is 2.77. The van der Waals surface area contributed by atoms with Crippen LogP contribution < -0.4 is 4.74 Å². The van der Waals surface area contributed by atoms with E-state index >= 15 is 0 Å². The van der Waals surface area contributed by atoms with E-state index in [-0.39, 0.29) is 5.91 Å². The van der Waals surface area contributed by atoms with Gasteiger partial charge in [0, 0.05) is 18.7 Å². The van der Waals surface area contributed by atoms with Crippen molar-refractivity contribution < 1.29 is 9.53 Å². The summed E-state index contributed by atoms with van der Waals surface area (Å²) < 4.78 is 5.13. The number of unbranched alkanes of at least 4 members (excludes halogenated alkanes) is 1. The summed E-state index contributed by atoms with van der Waals surface area (Å²) in [5, 5.41) is 0. The van der Waals surface area contributed by atoms with Crippen molar-refractivity contribution in [3.8, 4) is 5.75 Å². The molecule has 17 heavy (non-hydrogen) atoms. The van der Waals surface area contributed by atoms with E-state index in [1.807, 2.05) is 30.0 Å². The minimum absolute atomic E-state index is 0.0832. The zero-order valence-electron chi connectivity index (χ0n) is 10.9. The Morgan fingerprint density at radius 3 is 2.71 bits per heavy atom. The lowest BCUT2D eigenvalue weighted by Crippen LogP contribution is -2.31. The first-order valence-corrected chi connectivity index (χ1v) is 6.16. The standard InChI is InChI=1S/C14H21NO2/c1-4-6-10-15(5-2)14(16)12-8-7-9-13(11-12)17-3/h7-9,11H,4-6,10H2,1-3H3. The fourth-order valence-corrected chi connectivity index (χ4v) is 1.69. The lowest BCUT2D eigenvalue weighted by atomic mass is 10.1. The number of nitrogens with zero attached hydrogens (tertiary/aromatic N) is 1. The molecule has 0 atom stereocenters. The molecule has 0 aromatic heterocycles. The van der Waals surface area contributed by atoms with Crippen molar-refractivity contribution >= 4 is 5.91 Å². The van der Waals surface area contributed by atoms with Crippen molar-refractivity contribution in [3.05, 3.63) is 29.8 Å². The van der Waals surface area contributed by atoms with Gasteiger partial charge in [0.15, 0.2) is 0 Å². The van der Waals surface area contributed by atoms with Crippen LogP contribution in [-0.4, -0.2) is 31.0 Å². The first-order valence-electron chi connectivity index (χ1n) is 6.16. The van der Waals surface area contributed by atoms with Crippen LogP contribution in [0.3, 0.4) is 0 Å². The van der Waals surface area contributed by atoms with E-state index in [0.29, 0.717) is 5.56 Å². The van der Waals surface area contributed by atoms with Crippen molar-refractivity contribution in [1.29, 1.82) is 0 Å². The van der Waals surface area contributed by atoms with Gasteiger partial charge in [0.05, 0.1) is 7.11 Å². The molecule has 1 rings (SSSR count). The molecule has 0 bridgehead atoms. The summed E-state index contributed by atoms with van der Waals surface area (Å²) >= 11 is 0. The smallest absolute Gasteiger partial charge is 0.253 e. The summed E-state index contributed by atoms with van der Waals surface area (Å²) in [6.45, 7) is 5.71. The van der Waals surface area contributed by atoms with Crippen molar-refractivity contribution in [1.82, 2.24) is 4.90 Å². The van der Waals surface area contributed by atoms with Crippen LogP contribution in [0.4, 0.5) is 0 Å². The first-order chi connectivity index (χ1) is 8.22. The normalized spacial score (nSPS) is 10.1. The van der Waals surface area contributed by atoms with Crippen LogP contribution in [0, 0.1) is 0 Å². The molecule has 1 aromatic rings. The maximum Gasteiger partial charge on any atom is 0.253 e. The molecular formula is C14H21NO2. The molecule has 0 spiro atoms. The van der Waals surface area contributed by atoms with Crippen molar-refractivity contribution in [2.75, 3.05) is 20.2 Å². The maximum atomic E-state index is 12.2. The van der Waals surface area contributed by atoms with Crippen LogP contribution in [0.25, 0.3) is 0 Å². The fourth-order valence-electron chi connectivity index (χ4n) is 1.69. The van der Waals surface area contributed by atoms with Gasteiger partial charge in [-0.25, -0.2) is 0 Å². The molecule has 0 aliphatic rings. The second-order valence-electron chi connectivity index (χ2n) is 3.97. The second kappa shape index (κ2) is 6.94. The number of rotatable bonds is 6. The van der Waals surface area contributed by atoms with E-state index in [0.717, 1.165) is 31.7 Å². The van der Waals surface area contributed by atoms with Crippen LogP contribution in [-0.2, 0) is 0 Å². The minimum Gasteiger partial charge on any atom is -0.497 e. The summed E-state index contributed by atoms with van der Waals surface area (Å²) in [6.07, 6.45) is 2.14. The van der Waals surface area contributed by atoms with Gasteiger partial charge in [-0.2, -0.15) is 0 Å². The number of amides is 1. The Balaban J connectivity index is 2.78. The van der Waals surface area contributed by atoms with Crippen LogP contribution in [0.15, 0.2) is 24.3 Å². The zero-order valence-corrected chi connectivity index (χ0v) is 10.9. The van der Waals surface area contributed by atoms with E-state index in [1.54, 1.807) is 13.2 Å². The molecule has 0 radical (unpaired) electrons. The van der Waals surface area contributed by atoms with E-state index in [9.17, 15) is 4.79 Å². The minimum atomic E-state index is 0.0832. The van der Waals surface area contributed by atoms with Crippen molar-refractivity contribution in [3.63, 3.8) is 0 Å². The molecule has 0 aliphatic carbocycles. The molecular weight excluding hydrogens is 214 g/mol. The number of benzene rings is 1. The highest BCUT2D eigenvalue weighted by Crippen LogP contribution is 2.14. The third-order valence-corrected chi connectivity index (χ3v) is 2.77. The van der Waals surface area contributed by atoms with Gasteiger partial charge in [0.25, 0.3) is 5.91 Å². The predicted octanol–water partition coefficient (Wildman–Crippen LogP) is 2.96. The highest BCUT2D eigenvalue weighted by Gasteiger charge is 2.13. The number of ether oxygens (including phenoxy) is 1. The average molecular weight is 235 g/mol. The molecule has 1 aromatic carbocycles. The second-order valence-corrected chi connectivity index (χ2v) is 3.97. The monoisotopic (exact) mass is 235 g/mol. The lowest BCUT2D eigenvalue weighted by Gasteiger charge is -2.20. The maximum absolute atomic E-state index is 12.2. The average Bonchev–Trinajstić information content (AvgIpc) is 2.39. The predicted molar refractivity (Wildman–Crippen MR) is 69.5 cm³/mol. The lowest BCUT2D eigenvalue weighted by molar-refractivity contribution is 0.0762. The Labute approximate surface area is 103 Å². The highest BCUT2D eigenvalue weighted by molar-refractivity contribution is 5.94. The fraction of sp³-hybridized carbons (Fsp3) is 0.500. The van der Waals surface area contributed by atoms with Gasteiger partial charge in [-0.1, -0.05) is 19.4 Å². The number of methoxy groups -OCH3 is 1. The Bertz CT molecular complexity index is 363. The van der Waals surface area contributed by atoms with Crippen LogP contribution in [0.1, 0.15) is 37.0 Å². The Morgan fingerprint density at radius 1 is 1.35 bits per heavy atom. The number of carbonyl (C=O) groups is 1. The third kappa shape index (κ3) is 3.77. The van der Waals surface area contributed by atoms with E-state index in [2.05, 4.69) is 6.92 Å². The van der Waals surface area contributed by atoms with E-state index in [1.165, 1.54) is 0 Å². The Kier molecular flexibility index (Phi) is 5.53. The summed E-state index contributed by atoms with van der Waals surface area (Å²) in [5.74, 6) is 0.808. The van der Waals surface area contributed by atoms with Gasteiger partial charge in [0.1, 0.15) is 5.75 Å². The molecule has 0 fully saturated rings. The number of carbonyl (C=O) groups excluding carboxylic acids is 1. The highest BCUT2D eigenvalue weighted by atomic mass is 16.5. The zero-order chi connectivity index (χ0) is 12.7.